The molecule has 0 aliphatic heterocycles. The van der Waals surface area contributed by atoms with Crippen LogP contribution in [0.15, 0.2) is 72.9 Å². The molecule has 1 nitrogen and oxygen atoms in total. The zero-order chi connectivity index (χ0) is 22.4. The maximum atomic E-state index is 13.8. The molecule has 0 spiro atoms. The summed E-state index contributed by atoms with van der Waals surface area (Å²) in [6, 6.07) is 21.1. The van der Waals surface area contributed by atoms with Gasteiger partial charge in [0.25, 0.3) is 0 Å². The van der Waals surface area contributed by atoms with E-state index < -0.39 is 25.0 Å². The fraction of sp³-hybridized carbons (Fsp3) is 0.192. The Morgan fingerprint density at radius 3 is 2.13 bits per heavy atom. The van der Waals surface area contributed by atoms with Crippen molar-refractivity contribution in [1.29, 1.82) is 0 Å². The van der Waals surface area contributed by atoms with Crippen molar-refractivity contribution in [3.63, 3.8) is 0 Å². The van der Waals surface area contributed by atoms with Gasteiger partial charge >= 0.3 is 177 Å². The zero-order valence-electron chi connectivity index (χ0n) is 18.0. The average Bonchev–Trinajstić information content (AvgIpc) is 2.72. The first kappa shape index (κ1) is 21.6. The first-order chi connectivity index (χ1) is 14.5. The number of benzene rings is 3. The summed E-state index contributed by atoms with van der Waals surface area (Å²) in [4.78, 5) is 4.20. The van der Waals surface area contributed by atoms with E-state index in [9.17, 15) is 13.2 Å². The SMILES string of the molecule is Cc1cc(-c2cc(-c3cc[c]([Ge]([CH3])([CH3])[CH3])cc3)c(C(F)(F)F)cn2)cc2ccccc12. The van der Waals surface area contributed by atoms with Crippen LogP contribution in [0, 0.1) is 6.92 Å². The number of fused-ring (bicyclic) bond motifs is 1. The van der Waals surface area contributed by atoms with Crippen LogP contribution in [0.5, 0.6) is 0 Å². The van der Waals surface area contributed by atoms with E-state index in [1.807, 2.05) is 67.6 Å². The van der Waals surface area contributed by atoms with Gasteiger partial charge < -0.3 is 0 Å². The molecule has 158 valence electrons. The Labute approximate surface area is 183 Å². The van der Waals surface area contributed by atoms with Crippen molar-refractivity contribution < 1.29 is 13.2 Å². The summed E-state index contributed by atoms with van der Waals surface area (Å²) < 4.78 is 42.6. The molecule has 0 fully saturated rings. The monoisotopic (exact) mass is 481 g/mol. The van der Waals surface area contributed by atoms with Crippen LogP contribution in [0.3, 0.4) is 0 Å². The van der Waals surface area contributed by atoms with Gasteiger partial charge in [0, 0.05) is 0 Å². The van der Waals surface area contributed by atoms with E-state index in [0.717, 1.165) is 28.1 Å². The Balaban J connectivity index is 1.88. The molecule has 0 saturated heterocycles. The van der Waals surface area contributed by atoms with Crippen LogP contribution in [0.2, 0.25) is 17.3 Å². The Hall–Kier alpha value is -2.60. The van der Waals surface area contributed by atoms with Crippen molar-refractivity contribution in [1.82, 2.24) is 4.98 Å². The van der Waals surface area contributed by atoms with E-state index in [4.69, 9.17) is 0 Å². The van der Waals surface area contributed by atoms with Gasteiger partial charge in [0.05, 0.1) is 0 Å². The number of aryl methyl sites for hydroxylation is 1. The predicted molar refractivity (Wildman–Crippen MR) is 125 cm³/mol. The topological polar surface area (TPSA) is 12.9 Å². The van der Waals surface area contributed by atoms with Crippen LogP contribution in [0.4, 0.5) is 13.2 Å². The van der Waals surface area contributed by atoms with Gasteiger partial charge in [-0.15, -0.1) is 0 Å². The molecule has 1 aromatic heterocycles. The van der Waals surface area contributed by atoms with Crippen molar-refractivity contribution in [3.05, 3.63) is 84.1 Å². The van der Waals surface area contributed by atoms with Gasteiger partial charge in [-0.05, 0) is 0 Å². The van der Waals surface area contributed by atoms with Gasteiger partial charge in [-0.25, -0.2) is 0 Å². The second-order valence-electron chi connectivity index (χ2n) is 8.95. The van der Waals surface area contributed by atoms with Crippen LogP contribution < -0.4 is 4.40 Å². The fourth-order valence-electron chi connectivity index (χ4n) is 3.88. The third-order valence-corrected chi connectivity index (χ3v) is 9.97. The molecule has 0 N–H and O–H groups in total. The molecule has 0 saturated carbocycles. The minimum absolute atomic E-state index is 0.163. The van der Waals surface area contributed by atoms with E-state index in [1.165, 1.54) is 4.40 Å². The molecule has 31 heavy (non-hydrogen) atoms. The van der Waals surface area contributed by atoms with Crippen LogP contribution in [-0.2, 0) is 6.18 Å². The van der Waals surface area contributed by atoms with Gasteiger partial charge in [-0.1, -0.05) is 6.07 Å². The maximum absolute atomic E-state index is 13.8. The average molecular weight is 480 g/mol. The van der Waals surface area contributed by atoms with Crippen molar-refractivity contribution in [2.24, 2.45) is 0 Å². The van der Waals surface area contributed by atoms with Gasteiger partial charge in [0.1, 0.15) is 0 Å². The van der Waals surface area contributed by atoms with Crippen LogP contribution in [0.1, 0.15) is 11.1 Å². The van der Waals surface area contributed by atoms with E-state index in [1.54, 1.807) is 6.07 Å². The molecule has 0 amide bonds. The molecular weight excluding hydrogens is 456 g/mol. The molecule has 0 radical (unpaired) electrons. The van der Waals surface area contributed by atoms with Gasteiger partial charge in [-0.2, -0.15) is 0 Å². The van der Waals surface area contributed by atoms with E-state index >= 15 is 0 Å². The summed E-state index contributed by atoms with van der Waals surface area (Å²) in [7, 11) is 0. The summed E-state index contributed by atoms with van der Waals surface area (Å²) in [6.07, 6.45) is -3.51. The summed E-state index contributed by atoms with van der Waals surface area (Å²) in [5.74, 6) is 6.80. The number of aromatic nitrogens is 1. The molecule has 3 aromatic carbocycles. The molecule has 4 aromatic rings. The van der Waals surface area contributed by atoms with Crippen LogP contribution in [0.25, 0.3) is 33.2 Å². The number of alkyl halides is 3. The third kappa shape index (κ3) is 4.40. The summed E-state index contributed by atoms with van der Waals surface area (Å²) in [5, 5.41) is 2.17. The Kier molecular flexibility index (Phi) is 5.46. The summed E-state index contributed by atoms with van der Waals surface area (Å²) in [5.41, 5.74) is 2.43. The van der Waals surface area contributed by atoms with Gasteiger partial charge in [0.2, 0.25) is 0 Å². The zero-order valence-corrected chi connectivity index (χ0v) is 20.1. The second kappa shape index (κ2) is 7.83. The number of hydrogen-bond donors (Lipinski definition) is 0. The molecule has 4 rings (SSSR count). The minimum atomic E-state index is -4.47. The van der Waals surface area contributed by atoms with Crippen molar-refractivity contribution in [3.8, 4) is 22.4 Å². The number of rotatable bonds is 3. The molecular formula is C26H24F3GeN. The fourth-order valence-corrected chi connectivity index (χ4v) is 6.33. The van der Waals surface area contributed by atoms with Crippen molar-refractivity contribution in [2.75, 3.05) is 0 Å². The Morgan fingerprint density at radius 2 is 1.48 bits per heavy atom. The Bertz CT molecular complexity index is 1250. The standard InChI is InChI=1S/C26H24F3GeN/c1-17-13-20(14-19-7-5-6-8-22(17)19)25-15-23(24(16-31-25)26(27,28)29)18-9-11-21(12-10-18)30(2,3)4/h5-16H,1-4H3. The quantitative estimate of drug-likeness (QED) is 0.278. The first-order valence-corrected chi connectivity index (χ1v) is 17.6. The second-order valence-corrected chi connectivity index (χ2v) is 19.6. The molecule has 0 aliphatic rings. The van der Waals surface area contributed by atoms with Crippen molar-refractivity contribution >= 4 is 28.4 Å². The van der Waals surface area contributed by atoms with E-state index in [-0.39, 0.29) is 5.56 Å². The number of hydrogen-bond acceptors (Lipinski definition) is 1. The van der Waals surface area contributed by atoms with Crippen LogP contribution >= 0.6 is 0 Å². The summed E-state index contributed by atoms with van der Waals surface area (Å²) in [6.45, 7) is 2.01. The normalized spacial score (nSPS) is 12.4. The van der Waals surface area contributed by atoms with E-state index in [0.29, 0.717) is 11.3 Å². The molecule has 0 bridgehead atoms. The third-order valence-electron chi connectivity index (χ3n) is 5.64. The van der Waals surface area contributed by atoms with Gasteiger partial charge in [0.15, 0.2) is 0 Å². The number of nitrogens with zero attached hydrogens (tertiary/aromatic N) is 1. The number of halogens is 3. The molecule has 5 heteroatoms. The molecule has 0 atom stereocenters. The molecule has 1 heterocycles. The van der Waals surface area contributed by atoms with Gasteiger partial charge in [-0.3, -0.25) is 0 Å². The molecule has 0 aliphatic carbocycles. The van der Waals surface area contributed by atoms with Crippen molar-refractivity contribution in [2.45, 2.75) is 30.4 Å². The van der Waals surface area contributed by atoms with E-state index in [2.05, 4.69) is 22.3 Å². The first-order valence-electron chi connectivity index (χ1n) is 10.2. The van der Waals surface area contributed by atoms with Crippen LogP contribution in [-0.4, -0.2) is 18.3 Å². The summed E-state index contributed by atoms with van der Waals surface area (Å²) >= 11 is -2.05. The molecule has 0 unspecified atom stereocenters. The Morgan fingerprint density at radius 1 is 0.806 bits per heavy atom. The predicted octanol–water partition coefficient (Wildman–Crippen LogP) is 7.44. The number of pyridine rings is 1.